The van der Waals surface area contributed by atoms with E-state index in [1.165, 1.54) is 19.3 Å². The van der Waals surface area contributed by atoms with Gasteiger partial charge in [0.25, 0.3) is 0 Å². The summed E-state index contributed by atoms with van der Waals surface area (Å²) in [5.74, 6) is 5.52. The lowest BCUT2D eigenvalue weighted by molar-refractivity contribution is 0.284. The molecule has 2 aliphatic carbocycles. The second-order valence-electron chi connectivity index (χ2n) is 10.0. The summed E-state index contributed by atoms with van der Waals surface area (Å²) in [5.41, 5.74) is 1.35. The van der Waals surface area contributed by atoms with Gasteiger partial charge < -0.3 is 9.88 Å². The van der Waals surface area contributed by atoms with E-state index in [1.807, 2.05) is 10.8 Å². The van der Waals surface area contributed by atoms with Crippen molar-refractivity contribution >= 4 is 17.0 Å². The van der Waals surface area contributed by atoms with Crippen LogP contribution < -0.4 is 11.1 Å². The van der Waals surface area contributed by atoms with Crippen molar-refractivity contribution in [3.8, 4) is 29.9 Å². The highest BCUT2D eigenvalue weighted by Gasteiger charge is 2.29. The molecule has 0 aliphatic heterocycles. The fraction of sp³-hybridized carbons (Fsp3) is 0.520. The van der Waals surface area contributed by atoms with Crippen LogP contribution in [-0.4, -0.2) is 45.3 Å². The molecule has 0 aromatic carbocycles. The molecule has 2 N–H and O–H groups in total. The minimum absolute atomic E-state index is 0.174. The number of nitrogens with one attached hydrogen (secondary N) is 2. The Morgan fingerprint density at radius 1 is 1.22 bits per heavy atom. The quantitative estimate of drug-likeness (QED) is 0.379. The number of aromatic amines is 1. The molecule has 0 saturated heterocycles. The molecule has 11 nitrogen and oxygen atoms in total. The smallest absolute Gasteiger partial charge is 0.365 e. The molecule has 36 heavy (non-hydrogen) atoms. The molecule has 4 heterocycles. The zero-order valence-electron chi connectivity index (χ0n) is 20.2. The second-order valence-corrected chi connectivity index (χ2v) is 10.0. The van der Waals surface area contributed by atoms with Gasteiger partial charge in [0.2, 0.25) is 17.6 Å². The maximum absolute atomic E-state index is 11.6. The second kappa shape index (κ2) is 9.26. The summed E-state index contributed by atoms with van der Waals surface area (Å²) in [6, 6.07) is 0.229. The van der Waals surface area contributed by atoms with Crippen molar-refractivity contribution in [2.24, 2.45) is 17.8 Å². The molecule has 1 atom stereocenters. The topological polar surface area (TPSA) is 132 Å². The molecule has 2 saturated carbocycles. The number of nitrogens with zero attached hydrogens (tertiary/aromatic N) is 7. The van der Waals surface area contributed by atoms with Crippen LogP contribution in [0, 0.1) is 30.1 Å². The first kappa shape index (κ1) is 22.5. The van der Waals surface area contributed by atoms with Gasteiger partial charge in [0, 0.05) is 30.9 Å². The molecule has 186 valence electrons. The SMILES string of the molecule is C#CC1CCC(Cn2c(-n3ccnc3)nc3nc(-c4noc(=O)[nH]4)nc(N[C@H](C)C4CCC4)c32)CC1. The Morgan fingerprint density at radius 2 is 2.06 bits per heavy atom. The normalized spacial score (nSPS) is 21.2. The molecule has 4 aromatic rings. The zero-order valence-corrected chi connectivity index (χ0v) is 20.2. The maximum Gasteiger partial charge on any atom is 0.439 e. The highest BCUT2D eigenvalue weighted by Crippen LogP contribution is 2.35. The van der Waals surface area contributed by atoms with Gasteiger partial charge in [-0.15, -0.1) is 12.3 Å². The van der Waals surface area contributed by atoms with Gasteiger partial charge in [0.15, 0.2) is 11.5 Å². The van der Waals surface area contributed by atoms with Crippen molar-refractivity contribution in [1.29, 1.82) is 0 Å². The molecule has 0 unspecified atom stereocenters. The third kappa shape index (κ3) is 4.17. The summed E-state index contributed by atoms with van der Waals surface area (Å²) in [7, 11) is 0. The Hall–Kier alpha value is -3.94. The van der Waals surface area contributed by atoms with E-state index in [-0.39, 0.29) is 17.7 Å². The third-order valence-corrected chi connectivity index (χ3v) is 7.71. The van der Waals surface area contributed by atoms with Crippen LogP contribution in [0.5, 0.6) is 0 Å². The molecule has 0 spiro atoms. The van der Waals surface area contributed by atoms with Crippen LogP contribution in [0.3, 0.4) is 0 Å². The molecule has 2 aliphatic rings. The number of aromatic nitrogens is 8. The molecule has 11 heteroatoms. The maximum atomic E-state index is 11.6. The number of H-pyrrole nitrogens is 1. The van der Waals surface area contributed by atoms with E-state index < -0.39 is 5.76 Å². The highest BCUT2D eigenvalue weighted by molar-refractivity contribution is 5.86. The van der Waals surface area contributed by atoms with Gasteiger partial charge in [-0.1, -0.05) is 11.6 Å². The predicted molar refractivity (Wildman–Crippen MR) is 133 cm³/mol. The summed E-state index contributed by atoms with van der Waals surface area (Å²) in [4.78, 5) is 32.8. The summed E-state index contributed by atoms with van der Waals surface area (Å²) in [6.45, 7) is 2.96. The van der Waals surface area contributed by atoms with E-state index in [0.29, 0.717) is 29.2 Å². The Balaban J connectivity index is 1.47. The number of hydrogen-bond acceptors (Lipinski definition) is 8. The predicted octanol–water partition coefficient (Wildman–Crippen LogP) is 3.40. The molecular weight excluding hydrogens is 458 g/mol. The molecule has 0 bridgehead atoms. The van der Waals surface area contributed by atoms with Gasteiger partial charge >= 0.3 is 5.76 Å². The van der Waals surface area contributed by atoms with Crippen LogP contribution in [0.2, 0.25) is 0 Å². The van der Waals surface area contributed by atoms with E-state index >= 15 is 0 Å². The van der Waals surface area contributed by atoms with Crippen LogP contribution in [-0.2, 0) is 6.54 Å². The minimum atomic E-state index is -0.654. The summed E-state index contributed by atoms with van der Waals surface area (Å²) < 4.78 is 8.80. The van der Waals surface area contributed by atoms with Crippen LogP contribution in [0.15, 0.2) is 28.0 Å². The van der Waals surface area contributed by atoms with Crippen molar-refractivity contribution in [1.82, 2.24) is 39.2 Å². The number of rotatable bonds is 7. The average Bonchev–Trinajstić information content (AvgIpc) is 3.59. The lowest BCUT2D eigenvalue weighted by Gasteiger charge is -2.32. The average molecular weight is 488 g/mol. The minimum Gasteiger partial charge on any atom is -0.365 e. The summed E-state index contributed by atoms with van der Waals surface area (Å²) in [5, 5.41) is 7.44. The fourth-order valence-electron chi connectivity index (χ4n) is 5.35. The van der Waals surface area contributed by atoms with Gasteiger partial charge in [0.1, 0.15) is 11.8 Å². The number of fused-ring (bicyclic) bond motifs is 1. The molecule has 4 aromatic heterocycles. The lowest BCUT2D eigenvalue weighted by atomic mass is 9.80. The molecular formula is C25H29N9O2. The van der Waals surface area contributed by atoms with Crippen molar-refractivity contribution in [2.75, 3.05) is 5.32 Å². The fourth-order valence-corrected chi connectivity index (χ4v) is 5.35. The number of terminal acetylenes is 1. The summed E-state index contributed by atoms with van der Waals surface area (Å²) >= 11 is 0. The van der Waals surface area contributed by atoms with Crippen molar-refractivity contribution in [3.63, 3.8) is 0 Å². The number of hydrogen-bond donors (Lipinski definition) is 2. The Kier molecular flexibility index (Phi) is 5.79. The Morgan fingerprint density at radius 3 is 2.69 bits per heavy atom. The standard InChI is InChI=1S/C25H29N9O2/c1-3-16-7-9-17(10-8-16)13-34-19-20(27-15(2)18-5-4-6-18)28-22(23-31-25(35)36-32-23)29-21(19)30-24(34)33-12-11-26-14-33/h1,11-12,14-18H,4-10,13H2,2H3,(H,27,28,29)(H,31,32,35)/t15-,16?,17?/m1/s1. The highest BCUT2D eigenvalue weighted by atomic mass is 16.5. The van der Waals surface area contributed by atoms with Crippen LogP contribution in [0.25, 0.3) is 28.8 Å². The number of imidazole rings is 2. The number of anilines is 1. The first-order chi connectivity index (χ1) is 17.6. The Labute approximate surface area is 207 Å². The van der Waals surface area contributed by atoms with E-state index in [4.69, 9.17) is 20.9 Å². The molecule has 6 rings (SSSR count). The van der Waals surface area contributed by atoms with Gasteiger partial charge in [-0.25, -0.2) is 19.7 Å². The monoisotopic (exact) mass is 487 g/mol. The molecule has 0 radical (unpaired) electrons. The zero-order chi connectivity index (χ0) is 24.6. The first-order valence-corrected chi connectivity index (χ1v) is 12.6. The van der Waals surface area contributed by atoms with E-state index in [9.17, 15) is 4.79 Å². The van der Waals surface area contributed by atoms with E-state index in [2.05, 4.69) is 42.8 Å². The third-order valence-electron chi connectivity index (χ3n) is 7.71. The van der Waals surface area contributed by atoms with Crippen molar-refractivity contribution < 1.29 is 4.52 Å². The van der Waals surface area contributed by atoms with Gasteiger partial charge in [0.05, 0.1) is 0 Å². The van der Waals surface area contributed by atoms with E-state index in [0.717, 1.165) is 43.7 Å². The van der Waals surface area contributed by atoms with E-state index in [1.54, 1.807) is 12.5 Å². The van der Waals surface area contributed by atoms with Crippen molar-refractivity contribution in [3.05, 3.63) is 29.3 Å². The lowest BCUT2D eigenvalue weighted by Crippen LogP contribution is -2.31. The molecule has 2 fully saturated rings. The van der Waals surface area contributed by atoms with Crippen LogP contribution >= 0.6 is 0 Å². The largest absolute Gasteiger partial charge is 0.439 e. The molecule has 0 amide bonds. The van der Waals surface area contributed by atoms with Crippen LogP contribution in [0.4, 0.5) is 5.82 Å². The first-order valence-electron chi connectivity index (χ1n) is 12.6. The van der Waals surface area contributed by atoms with Gasteiger partial charge in [-0.3, -0.25) is 14.1 Å². The van der Waals surface area contributed by atoms with Crippen molar-refractivity contribution in [2.45, 2.75) is 64.5 Å². The van der Waals surface area contributed by atoms with Gasteiger partial charge in [-0.2, -0.15) is 4.98 Å². The summed E-state index contributed by atoms with van der Waals surface area (Å²) in [6.07, 6.45) is 18.9. The van der Waals surface area contributed by atoms with Gasteiger partial charge in [-0.05, 0) is 57.3 Å². The van der Waals surface area contributed by atoms with Crippen LogP contribution in [0.1, 0.15) is 51.9 Å². The Bertz CT molecular complexity index is 1450.